The fourth-order valence-corrected chi connectivity index (χ4v) is 2.50. The number of hydrogen-bond acceptors (Lipinski definition) is 2. The van der Waals surface area contributed by atoms with E-state index in [9.17, 15) is 4.79 Å². The molecule has 0 heterocycles. The van der Waals surface area contributed by atoms with E-state index >= 15 is 0 Å². The third kappa shape index (κ3) is 17.2. The number of carbonyl (C=O) groups is 1. The Hall–Kier alpha value is -0.860. The molecule has 0 saturated carbocycles. The Morgan fingerprint density at radius 2 is 1.27 bits per heavy atom. The lowest BCUT2D eigenvalue weighted by molar-refractivity contribution is -0.121. The van der Waals surface area contributed by atoms with Crippen molar-refractivity contribution >= 4 is 12.1 Å². The molecule has 0 fully saturated rings. The molecule has 0 unspecified atom stereocenters. The largest absolute Gasteiger partial charge is 0.273 e. The number of hydrazone groups is 1. The molecule has 0 aromatic heterocycles. The van der Waals surface area contributed by atoms with Crippen molar-refractivity contribution in [2.75, 3.05) is 0 Å². The van der Waals surface area contributed by atoms with Crippen LogP contribution in [-0.2, 0) is 4.79 Å². The van der Waals surface area contributed by atoms with Crippen LogP contribution >= 0.6 is 0 Å². The van der Waals surface area contributed by atoms with Gasteiger partial charge < -0.3 is 0 Å². The lowest BCUT2D eigenvalue weighted by Gasteiger charge is -2.02. The van der Waals surface area contributed by atoms with Crippen molar-refractivity contribution in [1.29, 1.82) is 0 Å². The first kappa shape index (κ1) is 21.1. The van der Waals surface area contributed by atoms with E-state index in [-0.39, 0.29) is 5.91 Å². The van der Waals surface area contributed by atoms with E-state index in [1.807, 2.05) is 6.21 Å². The van der Waals surface area contributed by atoms with Gasteiger partial charge in [-0.2, -0.15) is 5.10 Å². The van der Waals surface area contributed by atoms with Gasteiger partial charge in [0.25, 0.3) is 0 Å². The quantitative estimate of drug-likeness (QED) is 0.213. The molecule has 0 aliphatic rings. The second-order valence-corrected chi connectivity index (χ2v) is 6.27. The van der Waals surface area contributed by atoms with Crippen LogP contribution in [0, 0.1) is 0 Å². The summed E-state index contributed by atoms with van der Waals surface area (Å²) in [6.07, 6.45) is 20.0. The van der Waals surface area contributed by atoms with Gasteiger partial charge in [-0.3, -0.25) is 4.79 Å². The van der Waals surface area contributed by atoms with E-state index in [1.54, 1.807) is 0 Å². The van der Waals surface area contributed by atoms with Crippen molar-refractivity contribution in [1.82, 2.24) is 5.43 Å². The highest BCUT2D eigenvalue weighted by molar-refractivity contribution is 5.76. The maximum atomic E-state index is 11.6. The SMILES string of the molecule is CCCCCCC=NNC(=O)CCCCCCCCCCC. The molecule has 0 rings (SSSR count). The van der Waals surface area contributed by atoms with Crippen LogP contribution < -0.4 is 5.43 Å². The van der Waals surface area contributed by atoms with Crippen LogP contribution in [0.5, 0.6) is 0 Å². The molecule has 0 bridgehead atoms. The highest BCUT2D eigenvalue weighted by Gasteiger charge is 1.99. The predicted octanol–water partition coefficient (Wildman–Crippen LogP) is 5.98. The minimum atomic E-state index is 0.0627. The summed E-state index contributed by atoms with van der Waals surface area (Å²) < 4.78 is 0. The second kappa shape index (κ2) is 18.2. The van der Waals surface area contributed by atoms with Gasteiger partial charge in [-0.1, -0.05) is 84.5 Å². The zero-order valence-corrected chi connectivity index (χ0v) is 15.0. The molecular formula is C19H38N2O. The maximum absolute atomic E-state index is 11.6. The Labute approximate surface area is 138 Å². The predicted molar refractivity (Wildman–Crippen MR) is 97.2 cm³/mol. The van der Waals surface area contributed by atoms with E-state index < -0.39 is 0 Å². The standard InChI is InChI=1S/C19H38N2O/c1-3-5-7-9-10-11-12-13-15-17-19(22)21-20-18-16-14-8-6-4-2/h18H,3-17H2,1-2H3,(H,21,22). The van der Waals surface area contributed by atoms with Crippen molar-refractivity contribution in [2.45, 2.75) is 110 Å². The molecule has 0 aromatic carbocycles. The smallest absolute Gasteiger partial charge is 0.240 e. The minimum absolute atomic E-state index is 0.0627. The van der Waals surface area contributed by atoms with E-state index in [0.717, 1.165) is 12.8 Å². The van der Waals surface area contributed by atoms with E-state index in [1.165, 1.54) is 77.0 Å². The van der Waals surface area contributed by atoms with Crippen molar-refractivity contribution in [3.63, 3.8) is 0 Å². The Balaban J connectivity index is 3.23. The van der Waals surface area contributed by atoms with Gasteiger partial charge in [0.15, 0.2) is 0 Å². The Morgan fingerprint density at radius 1 is 0.773 bits per heavy atom. The molecule has 0 saturated heterocycles. The molecule has 0 aliphatic heterocycles. The third-order valence-electron chi connectivity index (χ3n) is 3.97. The fraction of sp³-hybridized carbons (Fsp3) is 0.895. The highest BCUT2D eigenvalue weighted by atomic mass is 16.2. The molecule has 0 radical (unpaired) electrons. The maximum Gasteiger partial charge on any atom is 0.240 e. The van der Waals surface area contributed by atoms with Crippen LogP contribution in [0.15, 0.2) is 5.10 Å². The molecule has 0 spiro atoms. The van der Waals surface area contributed by atoms with E-state index in [4.69, 9.17) is 0 Å². The Bertz CT molecular complexity index is 264. The molecule has 3 nitrogen and oxygen atoms in total. The second-order valence-electron chi connectivity index (χ2n) is 6.27. The molecule has 22 heavy (non-hydrogen) atoms. The average molecular weight is 311 g/mol. The van der Waals surface area contributed by atoms with Gasteiger partial charge in [0.2, 0.25) is 5.91 Å². The monoisotopic (exact) mass is 310 g/mol. The number of amides is 1. The molecule has 0 atom stereocenters. The van der Waals surface area contributed by atoms with Gasteiger partial charge in [0.1, 0.15) is 0 Å². The van der Waals surface area contributed by atoms with Crippen molar-refractivity contribution in [2.24, 2.45) is 5.10 Å². The fourth-order valence-electron chi connectivity index (χ4n) is 2.50. The van der Waals surface area contributed by atoms with E-state index in [2.05, 4.69) is 24.4 Å². The van der Waals surface area contributed by atoms with Crippen LogP contribution in [0.25, 0.3) is 0 Å². The zero-order valence-electron chi connectivity index (χ0n) is 15.0. The first-order chi connectivity index (χ1) is 10.8. The zero-order chi connectivity index (χ0) is 16.3. The summed E-state index contributed by atoms with van der Waals surface area (Å²) in [4.78, 5) is 11.6. The first-order valence-electron chi connectivity index (χ1n) is 9.61. The van der Waals surface area contributed by atoms with Crippen LogP contribution in [0.3, 0.4) is 0 Å². The van der Waals surface area contributed by atoms with Crippen LogP contribution in [0.4, 0.5) is 0 Å². The lowest BCUT2D eigenvalue weighted by atomic mass is 10.1. The number of hydrogen-bond donors (Lipinski definition) is 1. The van der Waals surface area contributed by atoms with Gasteiger partial charge in [0.05, 0.1) is 0 Å². The molecule has 1 N–H and O–H groups in total. The van der Waals surface area contributed by atoms with Crippen molar-refractivity contribution < 1.29 is 4.79 Å². The Kier molecular flexibility index (Phi) is 17.5. The number of carbonyl (C=O) groups excluding carboxylic acids is 1. The number of nitrogens with one attached hydrogen (secondary N) is 1. The van der Waals surface area contributed by atoms with Crippen LogP contribution in [-0.4, -0.2) is 12.1 Å². The van der Waals surface area contributed by atoms with Crippen molar-refractivity contribution in [3.8, 4) is 0 Å². The van der Waals surface area contributed by atoms with Crippen LogP contribution in [0.2, 0.25) is 0 Å². The summed E-state index contributed by atoms with van der Waals surface area (Å²) in [6.45, 7) is 4.46. The molecule has 0 aromatic rings. The molecule has 1 amide bonds. The van der Waals surface area contributed by atoms with Crippen LogP contribution in [0.1, 0.15) is 110 Å². The summed E-state index contributed by atoms with van der Waals surface area (Å²) in [5, 5.41) is 4.00. The summed E-state index contributed by atoms with van der Waals surface area (Å²) in [7, 11) is 0. The summed E-state index contributed by atoms with van der Waals surface area (Å²) >= 11 is 0. The van der Waals surface area contributed by atoms with Gasteiger partial charge in [-0.25, -0.2) is 5.43 Å². The molecular weight excluding hydrogens is 272 g/mol. The van der Waals surface area contributed by atoms with E-state index in [0.29, 0.717) is 6.42 Å². The lowest BCUT2D eigenvalue weighted by Crippen LogP contribution is -2.16. The van der Waals surface area contributed by atoms with Gasteiger partial charge in [0, 0.05) is 12.6 Å². The topological polar surface area (TPSA) is 41.5 Å². The Morgan fingerprint density at radius 3 is 1.86 bits per heavy atom. The third-order valence-corrected chi connectivity index (χ3v) is 3.97. The average Bonchev–Trinajstić information content (AvgIpc) is 2.52. The number of rotatable bonds is 16. The molecule has 130 valence electrons. The van der Waals surface area contributed by atoms with Gasteiger partial charge >= 0.3 is 0 Å². The summed E-state index contributed by atoms with van der Waals surface area (Å²) in [5.74, 6) is 0.0627. The van der Waals surface area contributed by atoms with Gasteiger partial charge in [-0.05, 0) is 19.3 Å². The summed E-state index contributed by atoms with van der Waals surface area (Å²) in [5.41, 5.74) is 2.63. The normalized spacial score (nSPS) is 11.2. The minimum Gasteiger partial charge on any atom is -0.273 e. The first-order valence-corrected chi connectivity index (χ1v) is 9.61. The summed E-state index contributed by atoms with van der Waals surface area (Å²) in [6, 6.07) is 0. The van der Waals surface area contributed by atoms with Gasteiger partial charge in [-0.15, -0.1) is 0 Å². The number of unbranched alkanes of at least 4 members (excludes halogenated alkanes) is 12. The highest BCUT2D eigenvalue weighted by Crippen LogP contribution is 2.10. The molecule has 3 heteroatoms. The molecule has 0 aliphatic carbocycles. The van der Waals surface area contributed by atoms with Crippen molar-refractivity contribution in [3.05, 3.63) is 0 Å². The number of nitrogens with zero attached hydrogens (tertiary/aromatic N) is 1.